The van der Waals surface area contributed by atoms with Gasteiger partial charge in [-0.2, -0.15) is 0 Å². The van der Waals surface area contributed by atoms with Crippen molar-refractivity contribution < 1.29 is 28.3 Å². The molecule has 0 bridgehead atoms. The lowest BCUT2D eigenvalue weighted by Gasteiger charge is -2.21. The molecule has 1 aromatic heterocycles. The van der Waals surface area contributed by atoms with Gasteiger partial charge in [0.05, 0.1) is 25.4 Å². The summed E-state index contributed by atoms with van der Waals surface area (Å²) in [7, 11) is 0. The molecule has 0 N–H and O–H groups in total. The molecule has 11 heteroatoms. The summed E-state index contributed by atoms with van der Waals surface area (Å²) in [5.41, 5.74) is 0.816. The summed E-state index contributed by atoms with van der Waals surface area (Å²) in [6.07, 6.45) is 4.30. The second-order valence-electron chi connectivity index (χ2n) is 7.19. The van der Waals surface area contributed by atoms with Crippen LogP contribution in [0.5, 0.6) is 6.01 Å². The van der Waals surface area contributed by atoms with Crippen LogP contribution < -0.4 is 9.64 Å². The van der Waals surface area contributed by atoms with E-state index in [0.29, 0.717) is 30.8 Å². The zero-order valence-electron chi connectivity index (χ0n) is 16.8. The van der Waals surface area contributed by atoms with Gasteiger partial charge < -0.3 is 24.3 Å². The fourth-order valence-electron chi connectivity index (χ4n) is 3.39. The number of halogens is 1. The molecule has 1 amide bonds. The smallest absolute Gasteiger partial charge is 0.414 e. The number of ether oxygens (including phenoxy) is 3. The molecule has 4 rings (SSSR count). The van der Waals surface area contributed by atoms with Crippen LogP contribution in [0.15, 0.2) is 30.5 Å². The minimum Gasteiger partial charge on any atom is -0.444 e. The summed E-state index contributed by atoms with van der Waals surface area (Å²) in [5.74, 6) is -0.736. The first-order valence-electron chi connectivity index (χ1n) is 9.84. The SMILES string of the molecule is CC[C@H]1CN(c2ccc(/C=C/CO[C@@H]3COc4nc([N+](=O)[O-])cn4C3)c(F)c2)C(=O)O1. The van der Waals surface area contributed by atoms with Crippen molar-refractivity contribution in [2.45, 2.75) is 32.1 Å². The summed E-state index contributed by atoms with van der Waals surface area (Å²) in [6, 6.07) is 4.76. The molecule has 2 aliphatic heterocycles. The van der Waals surface area contributed by atoms with E-state index >= 15 is 0 Å². The molecule has 0 unspecified atom stereocenters. The van der Waals surface area contributed by atoms with Gasteiger partial charge in [-0.1, -0.05) is 19.1 Å². The van der Waals surface area contributed by atoms with Gasteiger partial charge in [0.2, 0.25) is 0 Å². The van der Waals surface area contributed by atoms with Gasteiger partial charge in [0.15, 0.2) is 0 Å². The molecule has 2 aliphatic rings. The van der Waals surface area contributed by atoms with E-state index in [0.717, 1.165) is 0 Å². The van der Waals surface area contributed by atoms with E-state index in [-0.39, 0.29) is 37.3 Å². The van der Waals surface area contributed by atoms with Gasteiger partial charge in [-0.25, -0.2) is 9.18 Å². The third-order valence-corrected chi connectivity index (χ3v) is 5.06. The third-order valence-electron chi connectivity index (χ3n) is 5.06. The van der Waals surface area contributed by atoms with Crippen molar-refractivity contribution in [2.75, 3.05) is 24.7 Å². The number of hydrogen-bond donors (Lipinski definition) is 0. The van der Waals surface area contributed by atoms with Crippen molar-refractivity contribution in [3.05, 3.63) is 52.0 Å². The summed E-state index contributed by atoms with van der Waals surface area (Å²) < 4.78 is 32.3. The summed E-state index contributed by atoms with van der Waals surface area (Å²) >= 11 is 0. The largest absolute Gasteiger partial charge is 0.444 e. The van der Waals surface area contributed by atoms with Crippen LogP contribution in [-0.2, 0) is 16.0 Å². The quantitative estimate of drug-likeness (QED) is 0.488. The molecule has 0 radical (unpaired) electrons. The highest BCUT2D eigenvalue weighted by Gasteiger charge is 2.31. The van der Waals surface area contributed by atoms with Crippen LogP contribution in [0.1, 0.15) is 18.9 Å². The second kappa shape index (κ2) is 8.72. The lowest BCUT2D eigenvalue weighted by molar-refractivity contribution is -0.389. The van der Waals surface area contributed by atoms with E-state index in [9.17, 15) is 19.3 Å². The van der Waals surface area contributed by atoms with E-state index in [2.05, 4.69) is 4.98 Å². The van der Waals surface area contributed by atoms with Crippen LogP contribution >= 0.6 is 0 Å². The second-order valence-corrected chi connectivity index (χ2v) is 7.19. The predicted molar refractivity (Wildman–Crippen MR) is 107 cm³/mol. The number of aromatic nitrogens is 2. The molecule has 3 heterocycles. The topological polar surface area (TPSA) is 109 Å². The summed E-state index contributed by atoms with van der Waals surface area (Å²) in [4.78, 5) is 27.3. The zero-order valence-corrected chi connectivity index (χ0v) is 16.8. The fourth-order valence-corrected chi connectivity index (χ4v) is 3.39. The summed E-state index contributed by atoms with van der Waals surface area (Å²) in [5, 5.41) is 10.8. The zero-order chi connectivity index (χ0) is 22.0. The molecule has 1 aromatic carbocycles. The monoisotopic (exact) mass is 432 g/mol. The minimum absolute atomic E-state index is 0.180. The molecule has 10 nitrogen and oxygen atoms in total. The Morgan fingerprint density at radius 1 is 1.42 bits per heavy atom. The van der Waals surface area contributed by atoms with Gasteiger partial charge in [0.25, 0.3) is 0 Å². The Labute approximate surface area is 177 Å². The average Bonchev–Trinajstić information content (AvgIpc) is 3.35. The number of hydrogen-bond acceptors (Lipinski definition) is 7. The molecule has 1 fully saturated rings. The molecule has 2 atom stereocenters. The lowest BCUT2D eigenvalue weighted by Crippen LogP contribution is -2.32. The number of imidazole rings is 1. The number of cyclic esters (lactones) is 1. The van der Waals surface area contributed by atoms with Crippen molar-refractivity contribution in [3.8, 4) is 6.01 Å². The standard InChI is InChI=1S/C20H21FN4O6/c1-2-15-10-24(20(26)31-15)14-6-5-13(17(21)8-14)4-3-7-29-16-9-23-11-18(25(27)28)22-19(23)30-12-16/h3-6,8,11,15-16H,2,7,9-10,12H2,1H3/b4-3+/t15-,16-/m0/s1. The third kappa shape index (κ3) is 4.50. The lowest BCUT2D eigenvalue weighted by atomic mass is 10.1. The number of fused-ring (bicyclic) bond motifs is 1. The van der Waals surface area contributed by atoms with Gasteiger partial charge in [-0.15, -0.1) is 0 Å². The number of rotatable bonds is 7. The van der Waals surface area contributed by atoms with E-state index in [4.69, 9.17) is 14.2 Å². The van der Waals surface area contributed by atoms with Crippen LogP contribution in [0.3, 0.4) is 0 Å². The maximum atomic E-state index is 14.5. The number of carbonyl (C=O) groups is 1. The van der Waals surface area contributed by atoms with Gasteiger partial charge in [0.1, 0.15) is 30.8 Å². The highest BCUT2D eigenvalue weighted by Crippen LogP contribution is 2.26. The first-order valence-corrected chi connectivity index (χ1v) is 9.84. The minimum atomic E-state index is -0.581. The number of benzene rings is 1. The molecule has 0 saturated carbocycles. The van der Waals surface area contributed by atoms with Crippen LogP contribution in [0.25, 0.3) is 6.08 Å². The maximum Gasteiger partial charge on any atom is 0.414 e. The molecule has 0 spiro atoms. The molecule has 2 aromatic rings. The van der Waals surface area contributed by atoms with E-state index in [1.165, 1.54) is 21.7 Å². The molecular formula is C20H21FN4O6. The number of carbonyl (C=O) groups excluding carboxylic acids is 1. The number of anilines is 1. The maximum absolute atomic E-state index is 14.5. The number of nitrogens with zero attached hydrogens (tertiary/aromatic N) is 4. The molecule has 0 aliphatic carbocycles. The van der Waals surface area contributed by atoms with Crippen LogP contribution in [0, 0.1) is 15.9 Å². The van der Waals surface area contributed by atoms with Crippen molar-refractivity contribution >= 4 is 23.7 Å². The number of nitro groups is 1. The Bertz CT molecular complexity index is 1020. The van der Waals surface area contributed by atoms with Crippen LogP contribution in [-0.4, -0.2) is 52.5 Å². The van der Waals surface area contributed by atoms with Crippen molar-refractivity contribution in [1.29, 1.82) is 0 Å². The Balaban J connectivity index is 1.31. The van der Waals surface area contributed by atoms with Gasteiger partial charge in [0, 0.05) is 10.5 Å². The van der Waals surface area contributed by atoms with E-state index in [1.54, 1.807) is 24.3 Å². The Morgan fingerprint density at radius 3 is 2.97 bits per heavy atom. The normalized spacial score (nSPS) is 20.6. The van der Waals surface area contributed by atoms with E-state index in [1.807, 2.05) is 6.92 Å². The van der Waals surface area contributed by atoms with Crippen molar-refractivity contribution in [1.82, 2.24) is 9.55 Å². The highest BCUT2D eigenvalue weighted by molar-refractivity contribution is 5.89. The van der Waals surface area contributed by atoms with Gasteiger partial charge in [-0.3, -0.25) is 9.47 Å². The van der Waals surface area contributed by atoms with Crippen LogP contribution in [0.2, 0.25) is 0 Å². The fraction of sp³-hybridized carbons (Fsp3) is 0.400. The van der Waals surface area contributed by atoms with Gasteiger partial charge >= 0.3 is 17.9 Å². The highest BCUT2D eigenvalue weighted by atomic mass is 19.1. The molecule has 1 saturated heterocycles. The van der Waals surface area contributed by atoms with Gasteiger partial charge in [-0.05, 0) is 29.5 Å². The molecular weight excluding hydrogens is 411 g/mol. The first-order chi connectivity index (χ1) is 14.9. The van der Waals surface area contributed by atoms with Crippen LogP contribution in [0.4, 0.5) is 20.7 Å². The first kappa shape index (κ1) is 20.8. The molecule has 31 heavy (non-hydrogen) atoms. The van der Waals surface area contributed by atoms with Crippen molar-refractivity contribution in [2.24, 2.45) is 0 Å². The average molecular weight is 432 g/mol. The Morgan fingerprint density at radius 2 is 2.26 bits per heavy atom. The van der Waals surface area contributed by atoms with Crippen molar-refractivity contribution in [3.63, 3.8) is 0 Å². The number of amides is 1. The predicted octanol–water partition coefficient (Wildman–Crippen LogP) is 3.16. The Hall–Kier alpha value is -3.47. The Kier molecular flexibility index (Phi) is 5.85. The summed E-state index contributed by atoms with van der Waals surface area (Å²) in [6.45, 7) is 3.13. The molecule has 164 valence electrons. The van der Waals surface area contributed by atoms with E-state index < -0.39 is 16.8 Å².